The third-order valence-electron chi connectivity index (χ3n) is 6.02. The number of halogens is 1. The third kappa shape index (κ3) is 3.99. The van der Waals surface area contributed by atoms with Crippen LogP contribution in [0.2, 0.25) is 5.02 Å². The van der Waals surface area contributed by atoms with Gasteiger partial charge in [0.2, 0.25) is 0 Å². The Morgan fingerprint density at radius 1 is 0.871 bits per heavy atom. The maximum absolute atomic E-state index is 14.2. The van der Waals surface area contributed by atoms with Crippen molar-refractivity contribution in [2.24, 2.45) is 0 Å². The summed E-state index contributed by atoms with van der Waals surface area (Å²) in [5.41, 5.74) is 3.44. The van der Waals surface area contributed by atoms with Crippen LogP contribution in [-0.4, -0.2) is 43.5 Å². The third-order valence-corrected chi connectivity index (χ3v) is 6.27. The van der Waals surface area contributed by atoms with E-state index >= 15 is 0 Å². The summed E-state index contributed by atoms with van der Waals surface area (Å²) >= 11 is 6.05. The van der Waals surface area contributed by atoms with Gasteiger partial charge in [0.15, 0.2) is 0 Å². The van der Waals surface area contributed by atoms with Crippen LogP contribution in [0.5, 0.6) is 0 Å². The summed E-state index contributed by atoms with van der Waals surface area (Å²) in [6, 6.07) is 26.1. The largest absolute Gasteiger partial charge is 0.309 e. The second-order valence-corrected chi connectivity index (χ2v) is 8.84. The van der Waals surface area contributed by atoms with E-state index in [9.17, 15) is 4.79 Å². The molecular weight excluding hydrogens is 406 g/mol. The van der Waals surface area contributed by atoms with E-state index in [-0.39, 0.29) is 5.91 Å². The van der Waals surface area contributed by atoms with Gasteiger partial charge in [-0.2, -0.15) is 0 Å². The Hall–Kier alpha value is -2.66. The number of rotatable bonds is 7. The van der Waals surface area contributed by atoms with Gasteiger partial charge < -0.3 is 4.90 Å². The number of amides is 1. The second-order valence-electron chi connectivity index (χ2n) is 8.40. The molecule has 1 aliphatic heterocycles. The molecule has 1 aliphatic rings. The van der Waals surface area contributed by atoms with Crippen molar-refractivity contribution in [1.82, 2.24) is 9.91 Å². The summed E-state index contributed by atoms with van der Waals surface area (Å²) < 4.78 is 0. The Morgan fingerprint density at radius 3 is 2.19 bits per heavy atom. The summed E-state index contributed by atoms with van der Waals surface area (Å²) in [5, 5.41) is 4.57. The van der Waals surface area contributed by atoms with E-state index in [1.165, 1.54) is 0 Å². The minimum absolute atomic E-state index is 0.0956. The van der Waals surface area contributed by atoms with Crippen molar-refractivity contribution >= 4 is 23.2 Å². The number of anilines is 1. The molecule has 0 unspecified atom stereocenters. The molecule has 0 bridgehead atoms. The lowest BCUT2D eigenvalue weighted by molar-refractivity contribution is -0.124. The summed E-state index contributed by atoms with van der Waals surface area (Å²) in [6.07, 6.45) is 0.713. The van der Waals surface area contributed by atoms with Crippen LogP contribution in [0.15, 0.2) is 78.9 Å². The molecule has 5 heteroatoms. The van der Waals surface area contributed by atoms with Crippen LogP contribution in [0.4, 0.5) is 5.69 Å². The van der Waals surface area contributed by atoms with Gasteiger partial charge in [0.05, 0.1) is 5.69 Å². The highest BCUT2D eigenvalue weighted by atomic mass is 35.5. The van der Waals surface area contributed by atoms with Crippen molar-refractivity contribution in [3.8, 4) is 0 Å². The zero-order chi connectivity index (χ0) is 22.0. The molecule has 0 saturated carbocycles. The number of hydrazine groups is 1. The molecule has 3 aromatic carbocycles. The highest BCUT2D eigenvalue weighted by Crippen LogP contribution is 2.48. The van der Waals surface area contributed by atoms with E-state index in [0.717, 1.165) is 28.9 Å². The average molecular weight is 434 g/mol. The fourth-order valence-corrected chi connectivity index (χ4v) is 4.59. The molecule has 0 radical (unpaired) electrons. The Morgan fingerprint density at radius 2 is 1.52 bits per heavy atom. The van der Waals surface area contributed by atoms with Crippen LogP contribution >= 0.6 is 11.6 Å². The first kappa shape index (κ1) is 21.6. The fraction of sp³-hybridized carbons (Fsp3) is 0.269. The van der Waals surface area contributed by atoms with Crippen molar-refractivity contribution in [3.63, 3.8) is 0 Å². The Bertz CT molecular complexity index is 1050. The van der Waals surface area contributed by atoms with Crippen molar-refractivity contribution in [2.75, 3.05) is 32.7 Å². The number of hydrogen-bond acceptors (Lipinski definition) is 3. The standard InChI is InChI=1S/C26H28ClN3O/c1-28(2)18-17-26(21-9-5-4-6-10-21)23-11-7-8-12-24(23)30(25(26)31)29(3)19-20-13-15-22(27)16-14-20/h4-16H,17-19H2,1-3H3/t26-/m0/s1. The van der Waals surface area contributed by atoms with Gasteiger partial charge in [-0.05, 0) is 62.0 Å². The Kier molecular flexibility index (Phi) is 6.15. The maximum Gasteiger partial charge on any atom is 0.256 e. The molecule has 4 rings (SSSR count). The van der Waals surface area contributed by atoms with E-state index in [1.54, 1.807) is 0 Å². The van der Waals surface area contributed by atoms with Crippen molar-refractivity contribution in [1.29, 1.82) is 0 Å². The Labute approximate surface area is 189 Å². The SMILES string of the molecule is CN(C)CC[C@@]1(c2ccccc2)C(=O)N(N(C)Cc2ccc(Cl)cc2)c2ccccc21. The summed E-state index contributed by atoms with van der Waals surface area (Å²) in [6.45, 7) is 1.42. The highest BCUT2D eigenvalue weighted by Gasteiger charge is 2.52. The molecule has 0 saturated heterocycles. The predicted molar refractivity (Wildman–Crippen MR) is 127 cm³/mol. The first-order chi connectivity index (χ1) is 14.9. The van der Waals surface area contributed by atoms with Gasteiger partial charge in [-0.15, -0.1) is 0 Å². The molecule has 4 nitrogen and oxygen atoms in total. The topological polar surface area (TPSA) is 26.8 Å². The molecule has 0 aromatic heterocycles. The van der Waals surface area contributed by atoms with Crippen LogP contribution in [0.3, 0.4) is 0 Å². The molecule has 0 N–H and O–H groups in total. The molecule has 1 amide bonds. The molecule has 31 heavy (non-hydrogen) atoms. The minimum atomic E-state index is -0.712. The molecule has 1 heterocycles. The zero-order valence-electron chi connectivity index (χ0n) is 18.3. The van der Waals surface area contributed by atoms with Crippen LogP contribution in [0.25, 0.3) is 0 Å². The van der Waals surface area contributed by atoms with E-state index in [2.05, 4.69) is 37.2 Å². The molecule has 160 valence electrons. The lowest BCUT2D eigenvalue weighted by atomic mass is 9.73. The van der Waals surface area contributed by atoms with E-state index in [4.69, 9.17) is 11.6 Å². The number of carbonyl (C=O) groups excluding carboxylic acids is 1. The summed E-state index contributed by atoms with van der Waals surface area (Å²) in [4.78, 5) is 16.4. The molecule has 0 spiro atoms. The monoisotopic (exact) mass is 433 g/mol. The van der Waals surface area contributed by atoms with E-state index in [0.29, 0.717) is 18.0 Å². The van der Waals surface area contributed by atoms with Crippen molar-refractivity contribution in [3.05, 3.63) is 101 Å². The first-order valence-corrected chi connectivity index (χ1v) is 10.9. The summed E-state index contributed by atoms with van der Waals surface area (Å²) in [7, 11) is 6.07. The molecule has 0 aliphatic carbocycles. The Balaban J connectivity index is 1.78. The van der Waals surface area contributed by atoms with Crippen LogP contribution in [-0.2, 0) is 16.8 Å². The zero-order valence-corrected chi connectivity index (χ0v) is 19.0. The van der Waals surface area contributed by atoms with Gasteiger partial charge in [0.25, 0.3) is 5.91 Å². The average Bonchev–Trinajstić information content (AvgIpc) is 3.03. The lowest BCUT2D eigenvalue weighted by Crippen LogP contribution is -2.49. The number of nitrogens with zero attached hydrogens (tertiary/aromatic N) is 3. The molecule has 0 fully saturated rings. The first-order valence-electron chi connectivity index (χ1n) is 10.5. The van der Waals surface area contributed by atoms with Gasteiger partial charge in [0, 0.05) is 18.6 Å². The van der Waals surface area contributed by atoms with Gasteiger partial charge in [-0.25, -0.2) is 10.0 Å². The van der Waals surface area contributed by atoms with Gasteiger partial charge in [-0.3, -0.25) is 4.79 Å². The number of fused-ring (bicyclic) bond motifs is 1. The van der Waals surface area contributed by atoms with Gasteiger partial charge >= 0.3 is 0 Å². The molecule has 3 aromatic rings. The second kappa shape index (κ2) is 8.83. The number of para-hydroxylation sites is 1. The number of hydrogen-bond donors (Lipinski definition) is 0. The minimum Gasteiger partial charge on any atom is -0.309 e. The maximum atomic E-state index is 14.2. The number of benzene rings is 3. The van der Waals surface area contributed by atoms with E-state index in [1.807, 2.05) is 77.7 Å². The number of carbonyl (C=O) groups is 1. The molecule has 1 atom stereocenters. The van der Waals surface area contributed by atoms with Crippen molar-refractivity contribution < 1.29 is 4.79 Å². The van der Waals surface area contributed by atoms with Crippen LogP contribution < -0.4 is 5.01 Å². The van der Waals surface area contributed by atoms with Crippen LogP contribution in [0, 0.1) is 0 Å². The van der Waals surface area contributed by atoms with Crippen molar-refractivity contribution in [2.45, 2.75) is 18.4 Å². The highest BCUT2D eigenvalue weighted by molar-refractivity contribution is 6.30. The quantitative estimate of drug-likeness (QED) is 0.526. The lowest BCUT2D eigenvalue weighted by Gasteiger charge is -2.33. The summed E-state index contributed by atoms with van der Waals surface area (Å²) in [5.74, 6) is 0.0956. The predicted octanol–water partition coefficient (Wildman–Crippen LogP) is 4.97. The van der Waals surface area contributed by atoms with Gasteiger partial charge in [-0.1, -0.05) is 72.3 Å². The molecular formula is C26H28ClN3O. The smallest absolute Gasteiger partial charge is 0.256 e. The fourth-order valence-electron chi connectivity index (χ4n) is 4.47. The van der Waals surface area contributed by atoms with Crippen LogP contribution in [0.1, 0.15) is 23.1 Å². The van der Waals surface area contributed by atoms with Gasteiger partial charge in [0.1, 0.15) is 5.41 Å². The normalized spacial score (nSPS) is 18.1. The van der Waals surface area contributed by atoms with E-state index < -0.39 is 5.41 Å².